The number of nitrogens with one attached hydrogen (secondary N) is 2. The number of nitrogens with zero attached hydrogens (tertiary/aromatic N) is 2. The van der Waals surface area contributed by atoms with E-state index in [-0.39, 0.29) is 30.2 Å². The number of benzene rings is 1. The third-order valence-corrected chi connectivity index (χ3v) is 5.40. The van der Waals surface area contributed by atoms with Crippen molar-refractivity contribution >= 4 is 41.3 Å². The van der Waals surface area contributed by atoms with E-state index >= 15 is 0 Å². The Balaban J connectivity index is 1.71. The Labute approximate surface area is 193 Å². The average Bonchev–Trinajstić information content (AvgIpc) is 3.17. The molecule has 10 nitrogen and oxygen atoms in total. The molecule has 0 bridgehead atoms. The Morgan fingerprint density at radius 2 is 2.00 bits per heavy atom. The molecular weight excluding hydrogens is 460 g/mol. The van der Waals surface area contributed by atoms with Gasteiger partial charge in [0.15, 0.2) is 5.82 Å². The van der Waals surface area contributed by atoms with Gasteiger partial charge in [0.1, 0.15) is 6.61 Å². The fourth-order valence-corrected chi connectivity index (χ4v) is 3.68. The van der Waals surface area contributed by atoms with Crippen molar-refractivity contribution in [2.24, 2.45) is 0 Å². The summed E-state index contributed by atoms with van der Waals surface area (Å²) in [5, 5.41) is 9.50. The van der Waals surface area contributed by atoms with E-state index in [1.165, 1.54) is 11.8 Å². The summed E-state index contributed by atoms with van der Waals surface area (Å²) >= 11 is 7.20. The van der Waals surface area contributed by atoms with E-state index in [0.29, 0.717) is 28.1 Å². The molecule has 2 amide bonds. The highest BCUT2D eigenvalue weighted by molar-refractivity contribution is 7.99. The van der Waals surface area contributed by atoms with Crippen molar-refractivity contribution in [3.05, 3.63) is 57.8 Å². The van der Waals surface area contributed by atoms with E-state index in [1.54, 1.807) is 38.1 Å². The number of hydrogen-bond acceptors (Lipinski definition) is 9. The number of carbonyl (C=O) groups excluding carboxylic acids is 3. The number of rotatable bonds is 9. The molecule has 0 fully saturated rings. The zero-order valence-electron chi connectivity index (χ0n) is 17.3. The maximum absolute atomic E-state index is 12.7. The summed E-state index contributed by atoms with van der Waals surface area (Å²) in [6.45, 7) is 3.19. The smallest absolute Gasteiger partial charge is 0.338 e. The molecule has 2 heterocycles. The van der Waals surface area contributed by atoms with E-state index in [0.717, 1.165) is 0 Å². The Bertz CT molecular complexity index is 1020. The predicted molar refractivity (Wildman–Crippen MR) is 116 cm³/mol. The first-order valence-corrected chi connectivity index (χ1v) is 11.2. The van der Waals surface area contributed by atoms with E-state index in [4.69, 9.17) is 25.6 Å². The van der Waals surface area contributed by atoms with Crippen LogP contribution in [0.2, 0.25) is 5.02 Å². The van der Waals surface area contributed by atoms with Crippen molar-refractivity contribution in [1.82, 2.24) is 20.8 Å². The monoisotopic (exact) mass is 480 g/mol. The molecule has 1 aliphatic heterocycles. The molecule has 12 heteroatoms. The number of thioether (sulfide) groups is 1. The molecule has 32 heavy (non-hydrogen) atoms. The van der Waals surface area contributed by atoms with E-state index in [1.807, 2.05) is 0 Å². The molecule has 1 aromatic carbocycles. The number of urea groups is 1. The first kappa shape index (κ1) is 23.6. The van der Waals surface area contributed by atoms with Crippen molar-refractivity contribution in [2.75, 3.05) is 19.0 Å². The molecule has 2 aromatic rings. The van der Waals surface area contributed by atoms with Crippen molar-refractivity contribution in [2.45, 2.75) is 25.6 Å². The first-order chi connectivity index (χ1) is 15.4. The van der Waals surface area contributed by atoms with Crippen molar-refractivity contribution < 1.29 is 28.4 Å². The number of aromatic nitrogens is 2. The third-order valence-electron chi connectivity index (χ3n) is 4.25. The molecule has 1 atom stereocenters. The second-order valence-electron chi connectivity index (χ2n) is 6.58. The minimum Gasteiger partial charge on any atom is -0.463 e. The standard InChI is InChI=1S/C20H21ClN4O6S/c1-3-29-19(27)17-14(8-30-16(26)10-32-9-15-22-11(2)31-25-15)23-20(28)24-18(17)12-4-6-13(21)7-5-12/h4-7,18H,3,8-10H2,1-2H3,(H2,23,24,28). The Hall–Kier alpha value is -3.05. The summed E-state index contributed by atoms with van der Waals surface area (Å²) in [5.74, 6) is 0.169. The number of carbonyl (C=O) groups is 3. The van der Waals surface area contributed by atoms with Gasteiger partial charge in [0.2, 0.25) is 5.89 Å². The highest BCUT2D eigenvalue weighted by atomic mass is 35.5. The van der Waals surface area contributed by atoms with Gasteiger partial charge < -0.3 is 24.6 Å². The molecule has 1 aliphatic rings. The SMILES string of the molecule is CCOC(=O)C1=C(COC(=O)CSCc2noc(C)n2)NC(=O)NC1c1ccc(Cl)cc1. The van der Waals surface area contributed by atoms with Crippen LogP contribution in [0.15, 0.2) is 40.1 Å². The number of hydrogen-bond donors (Lipinski definition) is 2. The fourth-order valence-electron chi connectivity index (χ4n) is 2.91. The van der Waals surface area contributed by atoms with Crippen LogP contribution in [-0.2, 0) is 24.8 Å². The minimum absolute atomic E-state index is 0.0302. The number of halogens is 1. The van der Waals surface area contributed by atoms with Crippen LogP contribution in [0.25, 0.3) is 0 Å². The summed E-state index contributed by atoms with van der Waals surface area (Å²) in [6.07, 6.45) is 0. The van der Waals surface area contributed by atoms with Crippen molar-refractivity contribution in [3.63, 3.8) is 0 Å². The van der Waals surface area contributed by atoms with Crippen LogP contribution in [0.5, 0.6) is 0 Å². The van der Waals surface area contributed by atoms with Gasteiger partial charge >= 0.3 is 18.0 Å². The quantitative estimate of drug-likeness (QED) is 0.519. The molecule has 2 N–H and O–H groups in total. The van der Waals surface area contributed by atoms with Crippen LogP contribution in [0.4, 0.5) is 4.79 Å². The van der Waals surface area contributed by atoms with Crippen molar-refractivity contribution in [3.8, 4) is 0 Å². The second-order valence-corrected chi connectivity index (χ2v) is 8.00. The normalized spacial score (nSPS) is 15.7. The zero-order valence-corrected chi connectivity index (χ0v) is 18.9. The molecule has 3 rings (SSSR count). The maximum atomic E-state index is 12.7. The van der Waals surface area contributed by atoms with Crippen LogP contribution in [0.1, 0.15) is 30.2 Å². The van der Waals surface area contributed by atoms with Crippen LogP contribution in [-0.4, -0.2) is 47.1 Å². The second kappa shape index (κ2) is 11.0. The number of ether oxygens (including phenoxy) is 2. The molecule has 0 saturated carbocycles. The molecule has 170 valence electrons. The topological polar surface area (TPSA) is 133 Å². The number of esters is 2. The summed E-state index contributed by atoms with van der Waals surface area (Å²) < 4.78 is 15.3. The van der Waals surface area contributed by atoms with Gasteiger partial charge in [0.25, 0.3) is 0 Å². The third kappa shape index (κ3) is 6.24. The van der Waals surface area contributed by atoms with Gasteiger partial charge in [-0.3, -0.25) is 4.79 Å². The van der Waals surface area contributed by atoms with Crippen LogP contribution in [0, 0.1) is 6.92 Å². The Morgan fingerprint density at radius 1 is 1.25 bits per heavy atom. The highest BCUT2D eigenvalue weighted by Gasteiger charge is 2.34. The molecular formula is C20H21ClN4O6S. The molecule has 1 unspecified atom stereocenters. The molecule has 0 spiro atoms. The minimum atomic E-state index is -0.787. The van der Waals surface area contributed by atoms with Gasteiger partial charge in [-0.1, -0.05) is 28.9 Å². The first-order valence-electron chi connectivity index (χ1n) is 9.63. The van der Waals surface area contributed by atoms with Gasteiger partial charge in [-0.25, -0.2) is 9.59 Å². The summed E-state index contributed by atoms with van der Waals surface area (Å²) in [6, 6.07) is 5.36. The van der Waals surface area contributed by atoms with Crippen LogP contribution >= 0.6 is 23.4 Å². The number of amides is 2. The van der Waals surface area contributed by atoms with Gasteiger partial charge in [-0.2, -0.15) is 4.98 Å². The summed E-state index contributed by atoms with van der Waals surface area (Å²) in [7, 11) is 0. The van der Waals surface area contributed by atoms with Gasteiger partial charge in [0.05, 0.1) is 35.4 Å². The molecule has 0 aliphatic carbocycles. The van der Waals surface area contributed by atoms with E-state index < -0.39 is 24.0 Å². The average molecular weight is 481 g/mol. The fraction of sp³-hybridized carbons (Fsp3) is 0.350. The number of aryl methyl sites for hydroxylation is 1. The molecule has 0 radical (unpaired) electrons. The molecule has 0 saturated heterocycles. The Morgan fingerprint density at radius 3 is 2.66 bits per heavy atom. The lowest BCUT2D eigenvalue weighted by atomic mass is 9.95. The lowest BCUT2D eigenvalue weighted by molar-refractivity contribution is -0.141. The van der Waals surface area contributed by atoms with Gasteiger partial charge in [0, 0.05) is 11.9 Å². The van der Waals surface area contributed by atoms with Crippen molar-refractivity contribution in [1.29, 1.82) is 0 Å². The summed E-state index contributed by atoms with van der Waals surface area (Å²) in [4.78, 5) is 41.1. The summed E-state index contributed by atoms with van der Waals surface area (Å²) in [5.41, 5.74) is 0.929. The van der Waals surface area contributed by atoms with Crippen LogP contribution < -0.4 is 10.6 Å². The lowest BCUT2D eigenvalue weighted by Crippen LogP contribution is -2.47. The van der Waals surface area contributed by atoms with Gasteiger partial charge in [-0.15, -0.1) is 11.8 Å². The largest absolute Gasteiger partial charge is 0.463 e. The zero-order chi connectivity index (χ0) is 23.1. The highest BCUT2D eigenvalue weighted by Crippen LogP contribution is 2.29. The van der Waals surface area contributed by atoms with E-state index in [2.05, 4.69) is 20.8 Å². The molecule has 1 aromatic heterocycles. The predicted octanol–water partition coefficient (Wildman–Crippen LogP) is 2.68. The lowest BCUT2D eigenvalue weighted by Gasteiger charge is -2.29. The van der Waals surface area contributed by atoms with Crippen LogP contribution in [0.3, 0.4) is 0 Å². The van der Waals surface area contributed by atoms with Gasteiger partial charge in [-0.05, 0) is 24.6 Å². The maximum Gasteiger partial charge on any atom is 0.338 e. The van der Waals surface area contributed by atoms with E-state index in [9.17, 15) is 14.4 Å². The Kier molecular flexibility index (Phi) is 8.12.